The largest absolute Gasteiger partial charge is 0.457 e. The Kier molecular flexibility index (Phi) is 18.6. The molecule has 2 aliphatic heterocycles. The van der Waals surface area contributed by atoms with Gasteiger partial charge in [0.2, 0.25) is 0 Å². The maximum Gasteiger partial charge on any atom is 0.306 e. The van der Waals surface area contributed by atoms with Crippen LogP contribution in [0.4, 0.5) is 0 Å². The predicted octanol–water partition coefficient (Wildman–Crippen LogP) is 4.07. The van der Waals surface area contributed by atoms with Gasteiger partial charge in [-0.1, -0.05) is 70.4 Å². The molecule has 33 heavy (non-hydrogen) atoms. The van der Waals surface area contributed by atoms with E-state index in [9.17, 15) is 20.1 Å². The number of esters is 1. The molecule has 2 rings (SSSR count). The Hall–Kier alpha value is -0.990. The zero-order chi connectivity index (χ0) is 24.2. The van der Waals surface area contributed by atoms with E-state index in [-0.39, 0.29) is 6.61 Å². The van der Waals surface area contributed by atoms with Crippen molar-refractivity contribution in [3.63, 3.8) is 0 Å². The van der Waals surface area contributed by atoms with Crippen LogP contribution in [-0.4, -0.2) is 72.1 Å². The van der Waals surface area contributed by atoms with Gasteiger partial charge in [-0.25, -0.2) is 0 Å². The lowest BCUT2D eigenvalue weighted by Gasteiger charge is -2.24. The number of carbonyl (C=O) groups excluding carboxylic acids is 1. The first kappa shape index (κ1) is 30.0. The summed E-state index contributed by atoms with van der Waals surface area (Å²) in [6, 6.07) is 0. The number of rotatable bonds is 18. The van der Waals surface area contributed by atoms with E-state index in [2.05, 4.69) is 23.8 Å². The van der Waals surface area contributed by atoms with Gasteiger partial charge in [-0.05, 0) is 32.1 Å². The number of unbranched alkanes of at least 4 members (excludes halogenated alkanes) is 11. The second-order valence-corrected chi connectivity index (χ2v) is 9.01. The minimum absolute atomic E-state index is 0.0197. The molecule has 2 saturated heterocycles. The SMILES string of the molecule is C1CO1.CCCCCCCC/C=C\CCCCCCCC(=O)O[C@H](CO)[C@H]1OC[C@H](O)[C@H]1O. The molecule has 0 bridgehead atoms. The van der Waals surface area contributed by atoms with E-state index in [0.29, 0.717) is 6.42 Å². The van der Waals surface area contributed by atoms with Crippen molar-refractivity contribution in [1.82, 2.24) is 0 Å². The molecule has 7 heteroatoms. The van der Waals surface area contributed by atoms with Gasteiger partial charge < -0.3 is 29.5 Å². The quantitative estimate of drug-likeness (QED) is 0.119. The average Bonchev–Trinajstić information content (AvgIpc) is 3.66. The number of ether oxygens (including phenoxy) is 3. The molecule has 0 saturated carbocycles. The maximum absolute atomic E-state index is 11.9. The standard InChI is InChI=1S/C24H44O6.C2H4O/c1-2-3-4-5-6-7-8-9-10-11-12-13-14-15-16-17-22(27)30-21(18-25)24-23(28)20(26)19-29-24;1-2-3-1/h9-10,20-21,23-26,28H,2-8,11-19H2,1H3;1-2H2/b10-9-;/t20-,21+,23+,24+;/m0./s1. The molecule has 7 nitrogen and oxygen atoms in total. The molecule has 0 unspecified atom stereocenters. The first-order valence-electron chi connectivity index (χ1n) is 13.1. The molecule has 3 N–H and O–H groups in total. The molecule has 0 amide bonds. The van der Waals surface area contributed by atoms with Crippen molar-refractivity contribution < 1.29 is 34.3 Å². The highest BCUT2D eigenvalue weighted by molar-refractivity contribution is 5.69. The molecule has 2 fully saturated rings. The summed E-state index contributed by atoms with van der Waals surface area (Å²) in [5, 5.41) is 28.7. The van der Waals surface area contributed by atoms with E-state index in [4.69, 9.17) is 9.47 Å². The topological polar surface area (TPSA) is 109 Å². The summed E-state index contributed by atoms with van der Waals surface area (Å²) in [4.78, 5) is 11.9. The van der Waals surface area contributed by atoms with E-state index in [1.807, 2.05) is 0 Å². The average molecular weight is 473 g/mol. The summed E-state index contributed by atoms with van der Waals surface area (Å²) in [5.41, 5.74) is 0. The highest BCUT2D eigenvalue weighted by Gasteiger charge is 2.41. The number of aliphatic hydroxyl groups is 3. The van der Waals surface area contributed by atoms with Crippen LogP contribution >= 0.6 is 0 Å². The molecule has 194 valence electrons. The second kappa shape index (κ2) is 20.4. The highest BCUT2D eigenvalue weighted by Crippen LogP contribution is 2.20. The molecular weight excluding hydrogens is 424 g/mol. The van der Waals surface area contributed by atoms with Crippen LogP contribution in [0.1, 0.15) is 96.8 Å². The smallest absolute Gasteiger partial charge is 0.306 e. The van der Waals surface area contributed by atoms with E-state index < -0.39 is 37.0 Å². The Labute approximate surface area is 200 Å². The molecule has 2 aliphatic rings. The van der Waals surface area contributed by atoms with Gasteiger partial charge in [0.15, 0.2) is 6.10 Å². The molecule has 4 atom stereocenters. The minimum Gasteiger partial charge on any atom is -0.457 e. The van der Waals surface area contributed by atoms with Crippen molar-refractivity contribution in [1.29, 1.82) is 0 Å². The summed E-state index contributed by atoms with van der Waals surface area (Å²) in [7, 11) is 0. The molecule has 0 aliphatic carbocycles. The van der Waals surface area contributed by atoms with Crippen molar-refractivity contribution in [3.8, 4) is 0 Å². The van der Waals surface area contributed by atoms with Gasteiger partial charge in [-0.3, -0.25) is 4.79 Å². The minimum atomic E-state index is -1.14. The Balaban J connectivity index is 0.00000167. The number of allylic oxidation sites excluding steroid dienone is 2. The number of aliphatic hydroxyl groups excluding tert-OH is 3. The monoisotopic (exact) mass is 472 g/mol. The Bertz CT molecular complexity index is 492. The highest BCUT2D eigenvalue weighted by atomic mass is 16.6. The third kappa shape index (κ3) is 16.3. The van der Waals surface area contributed by atoms with Gasteiger partial charge >= 0.3 is 5.97 Å². The number of carbonyl (C=O) groups is 1. The van der Waals surface area contributed by atoms with Gasteiger partial charge in [-0.15, -0.1) is 0 Å². The van der Waals surface area contributed by atoms with E-state index in [1.54, 1.807) is 0 Å². The summed E-state index contributed by atoms with van der Waals surface area (Å²) >= 11 is 0. The number of hydrogen-bond donors (Lipinski definition) is 3. The summed E-state index contributed by atoms with van der Waals surface area (Å²) in [6.45, 7) is 3.79. The third-order valence-electron chi connectivity index (χ3n) is 5.87. The van der Waals surface area contributed by atoms with Gasteiger partial charge in [-0.2, -0.15) is 0 Å². The van der Waals surface area contributed by atoms with Crippen LogP contribution in [0.15, 0.2) is 12.2 Å². The van der Waals surface area contributed by atoms with Crippen LogP contribution in [0.3, 0.4) is 0 Å². The molecule has 2 heterocycles. The predicted molar refractivity (Wildman–Crippen MR) is 129 cm³/mol. The van der Waals surface area contributed by atoms with E-state index >= 15 is 0 Å². The molecule has 0 aromatic heterocycles. The molecular formula is C26H48O7. The van der Waals surface area contributed by atoms with E-state index in [1.165, 1.54) is 51.4 Å². The Morgan fingerprint density at radius 3 is 1.97 bits per heavy atom. The van der Waals surface area contributed by atoms with Gasteiger partial charge in [0.05, 0.1) is 26.4 Å². The molecule has 0 aromatic rings. The second-order valence-electron chi connectivity index (χ2n) is 9.01. The molecule has 0 aromatic carbocycles. The summed E-state index contributed by atoms with van der Waals surface area (Å²) < 4.78 is 14.9. The fraction of sp³-hybridized carbons (Fsp3) is 0.885. The third-order valence-corrected chi connectivity index (χ3v) is 5.87. The van der Waals surface area contributed by atoms with Crippen LogP contribution in [0.25, 0.3) is 0 Å². The Morgan fingerprint density at radius 2 is 1.48 bits per heavy atom. The fourth-order valence-corrected chi connectivity index (χ4v) is 3.73. The Morgan fingerprint density at radius 1 is 0.939 bits per heavy atom. The van der Waals surface area contributed by atoms with Crippen molar-refractivity contribution in [3.05, 3.63) is 12.2 Å². The van der Waals surface area contributed by atoms with Crippen LogP contribution in [0, 0.1) is 0 Å². The van der Waals surface area contributed by atoms with Gasteiger partial charge in [0.1, 0.15) is 18.3 Å². The maximum atomic E-state index is 11.9. The van der Waals surface area contributed by atoms with Crippen molar-refractivity contribution in [2.45, 2.75) is 121 Å². The number of hydrogen-bond acceptors (Lipinski definition) is 7. The zero-order valence-electron chi connectivity index (χ0n) is 20.7. The molecule has 0 radical (unpaired) electrons. The van der Waals surface area contributed by atoms with Crippen molar-refractivity contribution >= 4 is 5.97 Å². The summed E-state index contributed by atoms with van der Waals surface area (Å²) in [6.07, 6.45) is 16.5. The van der Waals surface area contributed by atoms with Gasteiger partial charge in [0, 0.05) is 6.42 Å². The fourth-order valence-electron chi connectivity index (χ4n) is 3.73. The molecule has 0 spiro atoms. The van der Waals surface area contributed by atoms with Crippen LogP contribution < -0.4 is 0 Å². The first-order valence-corrected chi connectivity index (χ1v) is 13.1. The lowest BCUT2D eigenvalue weighted by Crippen LogP contribution is -2.43. The van der Waals surface area contributed by atoms with E-state index in [0.717, 1.165) is 45.3 Å². The van der Waals surface area contributed by atoms with Crippen LogP contribution in [0.5, 0.6) is 0 Å². The number of epoxide rings is 1. The van der Waals surface area contributed by atoms with Crippen molar-refractivity contribution in [2.24, 2.45) is 0 Å². The normalized spacial score (nSPS) is 22.7. The zero-order valence-corrected chi connectivity index (χ0v) is 20.7. The van der Waals surface area contributed by atoms with Crippen LogP contribution in [-0.2, 0) is 19.0 Å². The van der Waals surface area contributed by atoms with Gasteiger partial charge in [0.25, 0.3) is 0 Å². The lowest BCUT2D eigenvalue weighted by atomic mass is 10.1. The first-order chi connectivity index (χ1) is 16.1. The summed E-state index contributed by atoms with van der Waals surface area (Å²) in [5.74, 6) is -0.399. The van der Waals surface area contributed by atoms with Crippen molar-refractivity contribution in [2.75, 3.05) is 26.4 Å². The lowest BCUT2D eigenvalue weighted by molar-refractivity contribution is -0.162. The van der Waals surface area contributed by atoms with Crippen LogP contribution in [0.2, 0.25) is 0 Å².